The number of hydrogen-bond acceptors (Lipinski definition) is 1. The molecule has 2 heteroatoms. The molecule has 0 aliphatic heterocycles. The van der Waals surface area contributed by atoms with Gasteiger partial charge in [0.2, 0.25) is 0 Å². The van der Waals surface area contributed by atoms with Gasteiger partial charge in [0.15, 0.2) is 0 Å². The molecule has 0 spiro atoms. The minimum Gasteiger partial charge on any atom is -0.315 e. The highest BCUT2D eigenvalue weighted by Crippen LogP contribution is 2.24. The third-order valence-electron chi connectivity index (χ3n) is 3.08. The van der Waals surface area contributed by atoms with Crippen LogP contribution in [0.5, 0.6) is 0 Å². The number of halogens is 1. The standard InChI is InChI=1S/C12H25N.ClH/c1-11(2)13-10-9-12-7-5-3-4-6-8-12;/h11-13H,3-10H2,1-2H3;1H. The third kappa shape index (κ3) is 6.67. The van der Waals surface area contributed by atoms with E-state index in [9.17, 15) is 0 Å². The monoisotopic (exact) mass is 219 g/mol. The van der Waals surface area contributed by atoms with Crippen LogP contribution in [0, 0.1) is 5.92 Å². The van der Waals surface area contributed by atoms with Crippen LogP contribution in [-0.2, 0) is 0 Å². The molecule has 0 bridgehead atoms. The molecule has 1 fully saturated rings. The number of hydrogen-bond donors (Lipinski definition) is 1. The predicted molar refractivity (Wildman–Crippen MR) is 66.2 cm³/mol. The Kier molecular flexibility index (Phi) is 8.70. The van der Waals surface area contributed by atoms with Gasteiger partial charge in [-0.2, -0.15) is 0 Å². The molecule has 0 radical (unpaired) electrons. The zero-order valence-corrected chi connectivity index (χ0v) is 10.5. The van der Waals surface area contributed by atoms with Crippen molar-refractivity contribution in [1.82, 2.24) is 5.32 Å². The molecule has 1 saturated carbocycles. The lowest BCUT2D eigenvalue weighted by molar-refractivity contribution is 0.406. The van der Waals surface area contributed by atoms with Gasteiger partial charge >= 0.3 is 0 Å². The van der Waals surface area contributed by atoms with Crippen molar-refractivity contribution in [3.8, 4) is 0 Å². The Bertz CT molecular complexity index is 117. The van der Waals surface area contributed by atoms with Crippen molar-refractivity contribution in [3.63, 3.8) is 0 Å². The van der Waals surface area contributed by atoms with Crippen molar-refractivity contribution in [3.05, 3.63) is 0 Å². The van der Waals surface area contributed by atoms with Crippen LogP contribution < -0.4 is 5.32 Å². The molecule has 14 heavy (non-hydrogen) atoms. The second-order valence-electron chi connectivity index (χ2n) is 4.76. The first-order valence-electron chi connectivity index (χ1n) is 6.02. The fraction of sp³-hybridized carbons (Fsp3) is 1.00. The van der Waals surface area contributed by atoms with Crippen LogP contribution in [0.15, 0.2) is 0 Å². The molecule has 0 saturated heterocycles. The topological polar surface area (TPSA) is 12.0 Å². The lowest BCUT2D eigenvalue weighted by atomic mass is 9.97. The summed E-state index contributed by atoms with van der Waals surface area (Å²) in [6.45, 7) is 5.68. The zero-order valence-electron chi connectivity index (χ0n) is 9.72. The molecular weight excluding hydrogens is 194 g/mol. The summed E-state index contributed by atoms with van der Waals surface area (Å²) < 4.78 is 0. The average Bonchev–Trinajstić information content (AvgIpc) is 2.32. The summed E-state index contributed by atoms with van der Waals surface area (Å²) in [5, 5.41) is 3.51. The van der Waals surface area contributed by atoms with E-state index in [4.69, 9.17) is 0 Å². The quantitative estimate of drug-likeness (QED) is 0.710. The SMILES string of the molecule is CC(C)NCCC1CCCCCC1.Cl. The van der Waals surface area contributed by atoms with Gasteiger partial charge in [0.25, 0.3) is 0 Å². The molecule has 0 aromatic rings. The van der Waals surface area contributed by atoms with Crippen molar-refractivity contribution >= 4 is 12.4 Å². The third-order valence-corrected chi connectivity index (χ3v) is 3.08. The fourth-order valence-corrected chi connectivity index (χ4v) is 2.23. The molecule has 0 unspecified atom stereocenters. The highest BCUT2D eigenvalue weighted by Gasteiger charge is 2.11. The maximum atomic E-state index is 3.51. The second-order valence-corrected chi connectivity index (χ2v) is 4.76. The van der Waals surface area contributed by atoms with Gasteiger partial charge in [0, 0.05) is 6.04 Å². The van der Waals surface area contributed by atoms with Crippen LogP contribution in [-0.4, -0.2) is 12.6 Å². The summed E-state index contributed by atoms with van der Waals surface area (Å²) in [5.74, 6) is 1.02. The van der Waals surface area contributed by atoms with Gasteiger partial charge in [0.1, 0.15) is 0 Å². The van der Waals surface area contributed by atoms with Gasteiger partial charge in [-0.15, -0.1) is 12.4 Å². The number of nitrogens with one attached hydrogen (secondary N) is 1. The van der Waals surface area contributed by atoms with Crippen LogP contribution in [0.4, 0.5) is 0 Å². The van der Waals surface area contributed by atoms with Gasteiger partial charge in [-0.1, -0.05) is 52.4 Å². The van der Waals surface area contributed by atoms with E-state index in [-0.39, 0.29) is 12.4 Å². The van der Waals surface area contributed by atoms with Crippen LogP contribution in [0.1, 0.15) is 58.8 Å². The molecule has 1 aliphatic carbocycles. The van der Waals surface area contributed by atoms with Crippen LogP contribution in [0.3, 0.4) is 0 Å². The van der Waals surface area contributed by atoms with Gasteiger partial charge in [0.05, 0.1) is 0 Å². The summed E-state index contributed by atoms with van der Waals surface area (Å²) in [5.41, 5.74) is 0. The average molecular weight is 220 g/mol. The lowest BCUT2D eigenvalue weighted by Crippen LogP contribution is -2.25. The first-order valence-corrected chi connectivity index (χ1v) is 6.02. The van der Waals surface area contributed by atoms with Gasteiger partial charge in [-0.3, -0.25) is 0 Å². The van der Waals surface area contributed by atoms with E-state index in [2.05, 4.69) is 19.2 Å². The van der Waals surface area contributed by atoms with Gasteiger partial charge in [-0.25, -0.2) is 0 Å². The molecule has 1 nitrogen and oxygen atoms in total. The molecule has 0 amide bonds. The summed E-state index contributed by atoms with van der Waals surface area (Å²) in [4.78, 5) is 0. The van der Waals surface area contributed by atoms with Crippen molar-refractivity contribution in [2.45, 2.75) is 64.8 Å². The molecule has 0 heterocycles. The smallest absolute Gasteiger partial charge is 0.00103 e. The van der Waals surface area contributed by atoms with Crippen molar-refractivity contribution in [2.24, 2.45) is 5.92 Å². The first-order chi connectivity index (χ1) is 6.29. The Morgan fingerprint density at radius 2 is 1.64 bits per heavy atom. The van der Waals surface area contributed by atoms with E-state index in [1.165, 1.54) is 51.5 Å². The Morgan fingerprint density at radius 3 is 2.14 bits per heavy atom. The summed E-state index contributed by atoms with van der Waals surface area (Å²) >= 11 is 0. The minimum atomic E-state index is 0. The summed E-state index contributed by atoms with van der Waals surface area (Å²) in [6.07, 6.45) is 10.3. The van der Waals surface area contributed by atoms with E-state index in [1.807, 2.05) is 0 Å². The van der Waals surface area contributed by atoms with E-state index >= 15 is 0 Å². The first kappa shape index (κ1) is 14.2. The van der Waals surface area contributed by atoms with Crippen LogP contribution in [0.2, 0.25) is 0 Å². The van der Waals surface area contributed by atoms with Crippen molar-refractivity contribution in [1.29, 1.82) is 0 Å². The Balaban J connectivity index is 0.00000169. The Labute approximate surface area is 95.5 Å². The molecular formula is C12H26ClN. The molecule has 86 valence electrons. The highest BCUT2D eigenvalue weighted by molar-refractivity contribution is 5.85. The second kappa shape index (κ2) is 8.55. The minimum absolute atomic E-state index is 0. The van der Waals surface area contributed by atoms with Crippen molar-refractivity contribution in [2.75, 3.05) is 6.54 Å². The Morgan fingerprint density at radius 1 is 1.07 bits per heavy atom. The number of rotatable bonds is 4. The zero-order chi connectivity index (χ0) is 9.52. The fourth-order valence-electron chi connectivity index (χ4n) is 2.23. The molecule has 0 aromatic carbocycles. The maximum Gasteiger partial charge on any atom is 0.00103 e. The lowest BCUT2D eigenvalue weighted by Gasteiger charge is -2.15. The van der Waals surface area contributed by atoms with Crippen LogP contribution in [0.25, 0.3) is 0 Å². The maximum absolute atomic E-state index is 3.51. The molecule has 1 aliphatic rings. The van der Waals surface area contributed by atoms with E-state index in [0.717, 1.165) is 5.92 Å². The van der Waals surface area contributed by atoms with E-state index < -0.39 is 0 Å². The predicted octanol–water partition coefficient (Wildman–Crippen LogP) is 3.77. The summed E-state index contributed by atoms with van der Waals surface area (Å²) in [6, 6.07) is 0.658. The van der Waals surface area contributed by atoms with E-state index in [0.29, 0.717) is 6.04 Å². The van der Waals surface area contributed by atoms with Gasteiger partial charge < -0.3 is 5.32 Å². The molecule has 0 aromatic heterocycles. The molecule has 0 atom stereocenters. The highest BCUT2D eigenvalue weighted by atomic mass is 35.5. The van der Waals surface area contributed by atoms with E-state index in [1.54, 1.807) is 0 Å². The molecule has 1 N–H and O–H groups in total. The molecule has 1 rings (SSSR count). The van der Waals surface area contributed by atoms with Gasteiger partial charge in [-0.05, 0) is 18.9 Å². The summed E-state index contributed by atoms with van der Waals surface area (Å²) in [7, 11) is 0. The largest absolute Gasteiger partial charge is 0.315 e. The van der Waals surface area contributed by atoms with Crippen LogP contribution >= 0.6 is 12.4 Å². The Hall–Kier alpha value is 0.250. The van der Waals surface area contributed by atoms with Crippen molar-refractivity contribution < 1.29 is 0 Å². The normalized spacial score (nSPS) is 19.1.